The molecule has 0 saturated carbocycles. The molecule has 2 aromatic carbocycles. The molecule has 0 bridgehead atoms. The van der Waals surface area contributed by atoms with Crippen LogP contribution >= 0.6 is 11.6 Å². The van der Waals surface area contributed by atoms with Gasteiger partial charge in [-0.2, -0.15) is 0 Å². The van der Waals surface area contributed by atoms with Crippen LogP contribution in [0.4, 0.5) is 0 Å². The minimum Gasteiger partial charge on any atom is -0.320 e. The molecule has 2 heteroatoms. The summed E-state index contributed by atoms with van der Waals surface area (Å²) in [6, 6.07) is 15.3. The lowest BCUT2D eigenvalue weighted by atomic mass is 9.85. The van der Waals surface area contributed by atoms with Gasteiger partial charge >= 0.3 is 0 Å². The highest BCUT2D eigenvalue weighted by Crippen LogP contribution is 2.39. The highest BCUT2D eigenvalue weighted by molar-refractivity contribution is 6.31. The molecule has 1 aliphatic rings. The van der Waals surface area contributed by atoms with Crippen LogP contribution in [0.2, 0.25) is 5.02 Å². The smallest absolute Gasteiger partial charge is 0.0441 e. The Morgan fingerprint density at radius 3 is 2.71 bits per heavy atom. The maximum atomic E-state index is 6.47. The van der Waals surface area contributed by atoms with E-state index in [4.69, 9.17) is 11.6 Å². The molecule has 1 aliphatic carbocycles. The lowest BCUT2D eigenvalue weighted by Gasteiger charge is -2.21. The molecule has 0 fully saturated rings. The monoisotopic (exact) mass is 299 g/mol. The van der Waals surface area contributed by atoms with Crippen molar-refractivity contribution >= 4 is 11.6 Å². The van der Waals surface area contributed by atoms with E-state index in [-0.39, 0.29) is 0 Å². The molecule has 110 valence electrons. The van der Waals surface area contributed by atoms with E-state index in [2.05, 4.69) is 41.7 Å². The summed E-state index contributed by atoms with van der Waals surface area (Å²) in [5.41, 5.74) is 5.77. The second kappa shape index (κ2) is 6.64. The number of fused-ring (bicyclic) bond motifs is 2. The molecule has 2 aromatic rings. The second-order valence-corrected chi connectivity index (χ2v) is 6.21. The van der Waals surface area contributed by atoms with Gasteiger partial charge in [-0.3, -0.25) is 0 Å². The van der Waals surface area contributed by atoms with Crippen LogP contribution < -0.4 is 5.32 Å². The van der Waals surface area contributed by atoms with E-state index in [0.717, 1.165) is 24.4 Å². The molecule has 0 amide bonds. The summed E-state index contributed by atoms with van der Waals surface area (Å²) < 4.78 is 0. The molecule has 0 aliphatic heterocycles. The molecule has 0 heterocycles. The molecule has 0 saturated heterocycles. The first-order valence-electron chi connectivity index (χ1n) is 7.81. The molecule has 1 N–H and O–H groups in total. The summed E-state index contributed by atoms with van der Waals surface area (Å²) in [4.78, 5) is 0. The van der Waals surface area contributed by atoms with Crippen LogP contribution in [-0.2, 0) is 12.8 Å². The molecular weight excluding hydrogens is 278 g/mol. The van der Waals surface area contributed by atoms with Crippen molar-refractivity contribution < 1.29 is 0 Å². The van der Waals surface area contributed by atoms with Gasteiger partial charge in [0.15, 0.2) is 0 Å². The van der Waals surface area contributed by atoms with Gasteiger partial charge in [0.25, 0.3) is 0 Å². The Bertz CT molecular complexity index is 621. The van der Waals surface area contributed by atoms with E-state index in [1.807, 2.05) is 13.1 Å². The lowest BCUT2D eigenvalue weighted by molar-refractivity contribution is 0.627. The Kier molecular flexibility index (Phi) is 4.62. The fourth-order valence-electron chi connectivity index (χ4n) is 3.49. The summed E-state index contributed by atoms with van der Waals surface area (Å²) >= 11 is 6.47. The van der Waals surface area contributed by atoms with E-state index in [1.165, 1.54) is 35.1 Å². The van der Waals surface area contributed by atoms with E-state index in [9.17, 15) is 0 Å². The molecule has 0 aromatic heterocycles. The molecule has 0 spiro atoms. The fraction of sp³-hybridized carbons (Fsp3) is 0.368. The fourth-order valence-corrected chi connectivity index (χ4v) is 3.76. The summed E-state index contributed by atoms with van der Waals surface area (Å²) in [6.45, 7) is 1.06. The van der Waals surface area contributed by atoms with Crippen molar-refractivity contribution in [2.45, 2.75) is 31.6 Å². The van der Waals surface area contributed by atoms with Gasteiger partial charge in [-0.15, -0.1) is 0 Å². The molecule has 1 nitrogen and oxygen atoms in total. The van der Waals surface area contributed by atoms with E-state index in [0.29, 0.717) is 5.92 Å². The largest absolute Gasteiger partial charge is 0.320 e. The SMILES string of the molecule is CNCCCC1c2ccccc2CCc2c(Cl)cccc21. The van der Waals surface area contributed by atoms with E-state index in [1.54, 1.807) is 0 Å². The van der Waals surface area contributed by atoms with Gasteiger partial charge in [0, 0.05) is 10.9 Å². The maximum absolute atomic E-state index is 6.47. The quantitative estimate of drug-likeness (QED) is 0.816. The topological polar surface area (TPSA) is 12.0 Å². The molecule has 1 unspecified atom stereocenters. The van der Waals surface area contributed by atoms with Gasteiger partial charge in [0.2, 0.25) is 0 Å². The van der Waals surface area contributed by atoms with Crippen LogP contribution in [0, 0.1) is 0 Å². The van der Waals surface area contributed by atoms with Gasteiger partial charge in [-0.1, -0.05) is 48.0 Å². The van der Waals surface area contributed by atoms with Crippen LogP contribution in [0.25, 0.3) is 0 Å². The van der Waals surface area contributed by atoms with Crippen molar-refractivity contribution in [2.75, 3.05) is 13.6 Å². The number of rotatable bonds is 4. The number of nitrogens with one attached hydrogen (secondary N) is 1. The molecule has 1 atom stereocenters. The second-order valence-electron chi connectivity index (χ2n) is 5.80. The van der Waals surface area contributed by atoms with Gasteiger partial charge < -0.3 is 5.32 Å². The molecular formula is C19H22ClN. The Labute approximate surface area is 132 Å². The average Bonchev–Trinajstić information content (AvgIpc) is 2.66. The first-order chi connectivity index (χ1) is 10.3. The highest BCUT2D eigenvalue weighted by atomic mass is 35.5. The van der Waals surface area contributed by atoms with Crippen molar-refractivity contribution in [3.8, 4) is 0 Å². The predicted molar refractivity (Wildman–Crippen MR) is 90.3 cm³/mol. The number of benzene rings is 2. The zero-order valence-corrected chi connectivity index (χ0v) is 13.3. The lowest BCUT2D eigenvalue weighted by Crippen LogP contribution is -2.11. The highest BCUT2D eigenvalue weighted by Gasteiger charge is 2.24. The standard InChI is InChI=1S/C19H22ClN/c1-21-13-5-9-16-15-7-3-2-6-14(15)11-12-18-17(16)8-4-10-19(18)20/h2-4,6-8,10,16,21H,5,9,11-13H2,1H3. The third-order valence-electron chi connectivity index (χ3n) is 4.52. The van der Waals surface area contributed by atoms with E-state index < -0.39 is 0 Å². The van der Waals surface area contributed by atoms with Crippen molar-refractivity contribution in [1.29, 1.82) is 0 Å². The zero-order chi connectivity index (χ0) is 14.7. The first-order valence-corrected chi connectivity index (χ1v) is 8.18. The van der Waals surface area contributed by atoms with Crippen LogP contribution in [0.1, 0.15) is 41.0 Å². The minimum absolute atomic E-state index is 0.478. The predicted octanol–water partition coefficient (Wildman–Crippen LogP) is 4.57. The van der Waals surface area contributed by atoms with Gasteiger partial charge in [0.05, 0.1) is 0 Å². The van der Waals surface area contributed by atoms with Gasteiger partial charge in [-0.25, -0.2) is 0 Å². The Balaban J connectivity index is 2.04. The summed E-state index contributed by atoms with van der Waals surface area (Å²) in [5, 5.41) is 4.19. The van der Waals surface area contributed by atoms with Gasteiger partial charge in [0.1, 0.15) is 0 Å². The number of hydrogen-bond donors (Lipinski definition) is 1. The molecule has 21 heavy (non-hydrogen) atoms. The van der Waals surface area contributed by atoms with Crippen molar-refractivity contribution in [3.05, 3.63) is 69.7 Å². The van der Waals surface area contributed by atoms with Crippen molar-refractivity contribution in [2.24, 2.45) is 0 Å². The minimum atomic E-state index is 0.478. The first kappa shape index (κ1) is 14.6. The summed E-state index contributed by atoms with van der Waals surface area (Å²) in [7, 11) is 2.02. The Hall–Kier alpha value is -1.31. The average molecular weight is 300 g/mol. The molecule has 3 rings (SSSR count). The Morgan fingerprint density at radius 1 is 1.05 bits per heavy atom. The van der Waals surface area contributed by atoms with Crippen LogP contribution in [-0.4, -0.2) is 13.6 Å². The number of hydrogen-bond acceptors (Lipinski definition) is 1. The van der Waals surface area contributed by atoms with Gasteiger partial charge in [-0.05, 0) is 67.6 Å². The van der Waals surface area contributed by atoms with Crippen molar-refractivity contribution in [3.63, 3.8) is 0 Å². The number of halogens is 1. The Morgan fingerprint density at radius 2 is 1.86 bits per heavy atom. The molecule has 0 radical (unpaired) electrons. The normalized spacial score (nSPS) is 17.0. The third-order valence-corrected chi connectivity index (χ3v) is 4.88. The number of aryl methyl sites for hydroxylation is 1. The summed E-state index contributed by atoms with van der Waals surface area (Å²) in [5.74, 6) is 0.478. The summed E-state index contributed by atoms with van der Waals surface area (Å²) in [6.07, 6.45) is 4.50. The maximum Gasteiger partial charge on any atom is 0.0441 e. The van der Waals surface area contributed by atoms with Crippen LogP contribution in [0.15, 0.2) is 42.5 Å². The van der Waals surface area contributed by atoms with Crippen LogP contribution in [0.5, 0.6) is 0 Å². The third kappa shape index (κ3) is 3.00. The van der Waals surface area contributed by atoms with Crippen LogP contribution in [0.3, 0.4) is 0 Å². The van der Waals surface area contributed by atoms with Crippen molar-refractivity contribution in [1.82, 2.24) is 5.32 Å². The zero-order valence-electron chi connectivity index (χ0n) is 12.5. The van der Waals surface area contributed by atoms with E-state index >= 15 is 0 Å².